The molecule has 0 atom stereocenters. The fraction of sp³-hybridized carbons (Fsp3) is 0.450. The van der Waals surface area contributed by atoms with Crippen LogP contribution in [0.5, 0.6) is 5.75 Å². The van der Waals surface area contributed by atoms with Crippen molar-refractivity contribution in [3.8, 4) is 5.75 Å². The predicted octanol–water partition coefficient (Wildman–Crippen LogP) is 5.57. The molecule has 1 N–H and O–H groups in total. The smallest absolute Gasteiger partial charge is 0.132 e. The van der Waals surface area contributed by atoms with E-state index < -0.39 is 0 Å². The van der Waals surface area contributed by atoms with Gasteiger partial charge < -0.3 is 5.11 Å². The number of Topliss-reactive ketones (excluding diaryl/α,β-unsaturated/α-hetero) is 1. The third kappa shape index (κ3) is 5.18. The Balaban J connectivity index is 0.00000116. The normalized spacial score (nSPS) is 10.2. The van der Waals surface area contributed by atoms with E-state index in [2.05, 4.69) is 18.2 Å². The molecule has 0 aromatic heterocycles. The Labute approximate surface area is 134 Å². The fourth-order valence-corrected chi connectivity index (χ4v) is 2.57. The molecule has 2 heteroatoms. The van der Waals surface area contributed by atoms with Crippen molar-refractivity contribution in [2.75, 3.05) is 0 Å². The molecule has 0 aliphatic carbocycles. The molecule has 0 fully saturated rings. The van der Waals surface area contributed by atoms with E-state index >= 15 is 0 Å². The van der Waals surface area contributed by atoms with Gasteiger partial charge in [0.2, 0.25) is 0 Å². The van der Waals surface area contributed by atoms with Crippen LogP contribution in [0.25, 0.3) is 10.8 Å². The largest absolute Gasteiger partial charge is 0.508 e. The van der Waals surface area contributed by atoms with Gasteiger partial charge >= 0.3 is 0 Å². The van der Waals surface area contributed by atoms with Crippen LogP contribution in [0.1, 0.15) is 57.6 Å². The Hall–Kier alpha value is -1.83. The second-order valence-electron chi connectivity index (χ2n) is 5.42. The summed E-state index contributed by atoms with van der Waals surface area (Å²) in [5.41, 5.74) is 2.37. The molecule has 22 heavy (non-hydrogen) atoms. The number of hydrogen-bond donors (Lipinski definition) is 1. The highest BCUT2D eigenvalue weighted by Crippen LogP contribution is 2.25. The maximum absolute atomic E-state index is 11.2. The SMILES string of the molecule is CC.CCC(=O)CCCCc1ccc2c(C)cc(O)cc2c1. The lowest BCUT2D eigenvalue weighted by Gasteiger charge is -2.07. The van der Waals surface area contributed by atoms with Gasteiger partial charge in [-0.2, -0.15) is 0 Å². The third-order valence-corrected chi connectivity index (χ3v) is 3.77. The number of aryl methyl sites for hydroxylation is 2. The minimum atomic E-state index is 0.320. The molecule has 0 heterocycles. The highest BCUT2D eigenvalue weighted by atomic mass is 16.3. The number of aromatic hydroxyl groups is 1. The predicted molar refractivity (Wildman–Crippen MR) is 94.6 cm³/mol. The first-order valence-corrected chi connectivity index (χ1v) is 8.34. The molecule has 0 aliphatic heterocycles. The Morgan fingerprint density at radius 1 is 1.09 bits per heavy atom. The van der Waals surface area contributed by atoms with Crippen molar-refractivity contribution < 1.29 is 9.90 Å². The van der Waals surface area contributed by atoms with Gasteiger partial charge in [0.25, 0.3) is 0 Å². The Bertz CT molecular complexity index is 614. The van der Waals surface area contributed by atoms with Crippen LogP contribution in [0.3, 0.4) is 0 Å². The van der Waals surface area contributed by atoms with Gasteiger partial charge in [0.1, 0.15) is 11.5 Å². The molecule has 0 radical (unpaired) electrons. The minimum Gasteiger partial charge on any atom is -0.508 e. The molecule has 0 amide bonds. The number of phenols is 1. The summed E-state index contributed by atoms with van der Waals surface area (Å²) in [6.07, 6.45) is 4.33. The number of ketones is 1. The van der Waals surface area contributed by atoms with Crippen LogP contribution >= 0.6 is 0 Å². The van der Waals surface area contributed by atoms with Crippen molar-refractivity contribution in [1.29, 1.82) is 0 Å². The second kappa shape index (κ2) is 9.24. The first kappa shape index (κ1) is 18.2. The van der Waals surface area contributed by atoms with Crippen LogP contribution in [-0.4, -0.2) is 10.9 Å². The molecule has 2 aromatic rings. The summed E-state index contributed by atoms with van der Waals surface area (Å²) in [5.74, 6) is 0.671. The summed E-state index contributed by atoms with van der Waals surface area (Å²) in [7, 11) is 0. The summed E-state index contributed by atoms with van der Waals surface area (Å²) in [4.78, 5) is 11.2. The number of phenolic OH excluding ortho intramolecular Hbond substituents is 1. The van der Waals surface area contributed by atoms with Gasteiger partial charge in [0.15, 0.2) is 0 Å². The van der Waals surface area contributed by atoms with E-state index in [1.807, 2.05) is 33.8 Å². The molecule has 0 aliphatic rings. The Kier molecular flexibility index (Phi) is 7.65. The molecule has 0 saturated carbocycles. The average Bonchev–Trinajstić information content (AvgIpc) is 2.52. The number of rotatable bonds is 6. The van der Waals surface area contributed by atoms with Crippen LogP contribution in [0.2, 0.25) is 0 Å². The van der Waals surface area contributed by atoms with Gasteiger partial charge in [-0.1, -0.05) is 39.0 Å². The van der Waals surface area contributed by atoms with Gasteiger partial charge in [0, 0.05) is 12.8 Å². The van der Waals surface area contributed by atoms with E-state index in [-0.39, 0.29) is 0 Å². The van der Waals surface area contributed by atoms with Gasteiger partial charge in [-0.05, 0) is 60.2 Å². The summed E-state index contributed by atoms with van der Waals surface area (Å²) in [6, 6.07) is 10.0. The molecule has 2 rings (SSSR count). The van der Waals surface area contributed by atoms with Crippen LogP contribution in [0.15, 0.2) is 30.3 Å². The maximum atomic E-state index is 11.2. The zero-order chi connectivity index (χ0) is 16.5. The van der Waals surface area contributed by atoms with Gasteiger partial charge in [-0.25, -0.2) is 0 Å². The summed E-state index contributed by atoms with van der Waals surface area (Å²) >= 11 is 0. The lowest BCUT2D eigenvalue weighted by molar-refractivity contribution is -0.118. The number of hydrogen-bond acceptors (Lipinski definition) is 2. The van der Waals surface area contributed by atoms with Crippen LogP contribution in [0, 0.1) is 6.92 Å². The molecule has 0 spiro atoms. The lowest BCUT2D eigenvalue weighted by atomic mass is 9.99. The zero-order valence-corrected chi connectivity index (χ0v) is 14.3. The van der Waals surface area contributed by atoms with E-state index in [0.29, 0.717) is 24.4 Å². The maximum Gasteiger partial charge on any atom is 0.132 e. The van der Waals surface area contributed by atoms with Crippen LogP contribution in [0.4, 0.5) is 0 Å². The van der Waals surface area contributed by atoms with Gasteiger partial charge in [-0.15, -0.1) is 0 Å². The van der Waals surface area contributed by atoms with E-state index in [4.69, 9.17) is 0 Å². The van der Waals surface area contributed by atoms with Crippen molar-refractivity contribution in [2.24, 2.45) is 0 Å². The Morgan fingerprint density at radius 3 is 2.50 bits per heavy atom. The highest BCUT2D eigenvalue weighted by Gasteiger charge is 2.03. The second-order valence-corrected chi connectivity index (χ2v) is 5.42. The minimum absolute atomic E-state index is 0.320. The number of benzene rings is 2. The monoisotopic (exact) mass is 300 g/mol. The topological polar surface area (TPSA) is 37.3 Å². The molecular formula is C20H28O2. The Morgan fingerprint density at radius 2 is 1.82 bits per heavy atom. The number of unbranched alkanes of at least 4 members (excludes halogenated alkanes) is 1. The molecule has 0 bridgehead atoms. The number of carbonyl (C=O) groups is 1. The molecule has 2 nitrogen and oxygen atoms in total. The highest BCUT2D eigenvalue weighted by molar-refractivity contribution is 5.87. The van der Waals surface area contributed by atoms with Crippen LogP contribution < -0.4 is 0 Å². The van der Waals surface area contributed by atoms with E-state index in [0.717, 1.165) is 30.2 Å². The summed E-state index contributed by atoms with van der Waals surface area (Å²) < 4.78 is 0. The molecular weight excluding hydrogens is 272 g/mol. The van der Waals surface area contributed by atoms with E-state index in [1.165, 1.54) is 10.9 Å². The fourth-order valence-electron chi connectivity index (χ4n) is 2.57. The quantitative estimate of drug-likeness (QED) is 0.708. The number of fused-ring (bicyclic) bond motifs is 1. The van der Waals surface area contributed by atoms with E-state index in [1.54, 1.807) is 6.07 Å². The third-order valence-electron chi connectivity index (χ3n) is 3.77. The summed E-state index contributed by atoms with van der Waals surface area (Å²) in [6.45, 7) is 7.93. The van der Waals surface area contributed by atoms with Crippen molar-refractivity contribution >= 4 is 16.6 Å². The lowest BCUT2D eigenvalue weighted by Crippen LogP contribution is -1.95. The van der Waals surface area contributed by atoms with Crippen LogP contribution in [-0.2, 0) is 11.2 Å². The molecule has 0 saturated heterocycles. The van der Waals surface area contributed by atoms with Crippen molar-refractivity contribution in [2.45, 2.75) is 59.8 Å². The standard InChI is InChI=1S/C18H22O2.C2H6/c1-3-16(19)7-5-4-6-14-8-9-18-13(2)10-17(20)12-15(18)11-14;1-2/h8-12,20H,3-7H2,1-2H3;1-2H3. The van der Waals surface area contributed by atoms with Gasteiger partial charge in [-0.3, -0.25) is 4.79 Å². The number of carbonyl (C=O) groups excluding carboxylic acids is 1. The van der Waals surface area contributed by atoms with Crippen molar-refractivity contribution in [3.05, 3.63) is 41.5 Å². The molecule has 0 unspecified atom stereocenters. The zero-order valence-electron chi connectivity index (χ0n) is 14.3. The van der Waals surface area contributed by atoms with E-state index in [9.17, 15) is 9.90 Å². The molecule has 2 aromatic carbocycles. The summed E-state index contributed by atoms with van der Waals surface area (Å²) in [5, 5.41) is 11.9. The first-order valence-electron chi connectivity index (χ1n) is 8.34. The van der Waals surface area contributed by atoms with Crippen molar-refractivity contribution in [1.82, 2.24) is 0 Å². The first-order chi connectivity index (χ1) is 10.6. The van der Waals surface area contributed by atoms with Gasteiger partial charge in [0.05, 0.1) is 0 Å². The molecule has 120 valence electrons. The average molecular weight is 300 g/mol. The van der Waals surface area contributed by atoms with Crippen molar-refractivity contribution in [3.63, 3.8) is 0 Å².